The molecule has 0 aliphatic carbocycles. The Morgan fingerprint density at radius 3 is 2.63 bits per heavy atom. The van der Waals surface area contributed by atoms with Crippen molar-refractivity contribution >= 4 is 29.3 Å². The van der Waals surface area contributed by atoms with E-state index >= 15 is 0 Å². The first-order valence-electron chi connectivity index (χ1n) is 6.29. The standard InChI is InChI=1S/C14H20ClNO2S/c1-11(17)7-9-16(2)14(18)8-10-19-13-5-3-12(15)4-6-13/h3-6,11,17H,7-10H2,1-2H3. The van der Waals surface area contributed by atoms with E-state index < -0.39 is 0 Å². The van der Waals surface area contributed by atoms with Crippen molar-refractivity contribution < 1.29 is 9.90 Å². The summed E-state index contributed by atoms with van der Waals surface area (Å²) in [7, 11) is 1.78. The fraction of sp³-hybridized carbons (Fsp3) is 0.500. The normalized spacial score (nSPS) is 12.2. The minimum Gasteiger partial charge on any atom is -0.393 e. The smallest absolute Gasteiger partial charge is 0.223 e. The van der Waals surface area contributed by atoms with Crippen LogP contribution in [0.3, 0.4) is 0 Å². The Morgan fingerprint density at radius 1 is 1.42 bits per heavy atom. The predicted molar refractivity (Wildman–Crippen MR) is 80.7 cm³/mol. The van der Waals surface area contributed by atoms with Crippen LogP contribution >= 0.6 is 23.4 Å². The van der Waals surface area contributed by atoms with Crippen LogP contribution in [0.1, 0.15) is 19.8 Å². The fourth-order valence-corrected chi connectivity index (χ4v) is 2.45. The molecule has 1 N–H and O–H groups in total. The number of rotatable bonds is 7. The Kier molecular flexibility index (Phi) is 7.28. The Hall–Kier alpha value is -0.710. The zero-order valence-electron chi connectivity index (χ0n) is 11.3. The molecule has 1 aromatic rings. The number of carbonyl (C=O) groups is 1. The van der Waals surface area contributed by atoms with Crippen LogP contribution in [0.15, 0.2) is 29.2 Å². The van der Waals surface area contributed by atoms with E-state index in [0.29, 0.717) is 19.4 Å². The Balaban J connectivity index is 2.24. The van der Waals surface area contributed by atoms with Crippen molar-refractivity contribution in [1.29, 1.82) is 0 Å². The third-order valence-electron chi connectivity index (χ3n) is 2.71. The van der Waals surface area contributed by atoms with Crippen molar-refractivity contribution in [3.63, 3.8) is 0 Å². The molecule has 0 aromatic heterocycles. The minimum absolute atomic E-state index is 0.113. The molecule has 1 atom stereocenters. The van der Waals surface area contributed by atoms with Gasteiger partial charge in [0.1, 0.15) is 0 Å². The molecular weight excluding hydrogens is 282 g/mol. The van der Waals surface area contributed by atoms with Crippen molar-refractivity contribution in [1.82, 2.24) is 4.90 Å². The van der Waals surface area contributed by atoms with Crippen LogP contribution in [-0.2, 0) is 4.79 Å². The lowest BCUT2D eigenvalue weighted by Gasteiger charge is -2.17. The largest absolute Gasteiger partial charge is 0.393 e. The summed E-state index contributed by atoms with van der Waals surface area (Å²) in [4.78, 5) is 14.6. The van der Waals surface area contributed by atoms with Crippen LogP contribution in [0, 0.1) is 0 Å². The predicted octanol–water partition coefficient (Wildman–Crippen LogP) is 3.05. The number of amides is 1. The van der Waals surface area contributed by atoms with E-state index in [-0.39, 0.29) is 12.0 Å². The summed E-state index contributed by atoms with van der Waals surface area (Å²) in [5.41, 5.74) is 0. The molecule has 1 aromatic carbocycles. The van der Waals surface area contributed by atoms with E-state index in [1.54, 1.807) is 30.6 Å². The number of hydrogen-bond acceptors (Lipinski definition) is 3. The van der Waals surface area contributed by atoms with Crippen molar-refractivity contribution in [2.75, 3.05) is 19.3 Å². The molecule has 0 bridgehead atoms. The summed E-state index contributed by atoms with van der Waals surface area (Å²) in [5, 5.41) is 9.90. The molecule has 0 spiro atoms. The van der Waals surface area contributed by atoms with E-state index in [9.17, 15) is 9.90 Å². The van der Waals surface area contributed by atoms with E-state index in [2.05, 4.69) is 0 Å². The Labute approximate surface area is 123 Å². The molecule has 1 rings (SSSR count). The summed E-state index contributed by atoms with van der Waals surface area (Å²) in [6.45, 7) is 2.33. The van der Waals surface area contributed by atoms with Crippen LogP contribution in [0.2, 0.25) is 5.02 Å². The molecule has 0 saturated heterocycles. The first-order chi connectivity index (χ1) is 8.99. The van der Waals surface area contributed by atoms with Gasteiger partial charge in [-0.2, -0.15) is 0 Å². The van der Waals surface area contributed by atoms with Gasteiger partial charge in [-0.3, -0.25) is 4.79 Å². The second-order valence-electron chi connectivity index (χ2n) is 4.51. The highest BCUT2D eigenvalue weighted by molar-refractivity contribution is 7.99. The van der Waals surface area contributed by atoms with Gasteiger partial charge >= 0.3 is 0 Å². The molecule has 0 heterocycles. The van der Waals surface area contributed by atoms with Crippen LogP contribution in [0.5, 0.6) is 0 Å². The Morgan fingerprint density at radius 2 is 2.05 bits per heavy atom. The van der Waals surface area contributed by atoms with Gasteiger partial charge in [0.25, 0.3) is 0 Å². The zero-order chi connectivity index (χ0) is 14.3. The highest BCUT2D eigenvalue weighted by Gasteiger charge is 2.09. The lowest BCUT2D eigenvalue weighted by Crippen LogP contribution is -2.29. The number of nitrogens with zero attached hydrogens (tertiary/aromatic N) is 1. The average molecular weight is 302 g/mol. The molecule has 3 nitrogen and oxygen atoms in total. The topological polar surface area (TPSA) is 40.5 Å². The van der Waals surface area contributed by atoms with E-state index in [1.807, 2.05) is 24.3 Å². The van der Waals surface area contributed by atoms with Crippen LogP contribution < -0.4 is 0 Å². The summed E-state index contributed by atoms with van der Waals surface area (Å²) in [6, 6.07) is 7.60. The number of benzene rings is 1. The molecular formula is C14H20ClNO2S. The van der Waals surface area contributed by atoms with Gasteiger partial charge in [-0.05, 0) is 37.6 Å². The first kappa shape index (κ1) is 16.3. The maximum absolute atomic E-state index is 11.8. The monoisotopic (exact) mass is 301 g/mol. The van der Waals surface area contributed by atoms with Crippen LogP contribution in [0.25, 0.3) is 0 Å². The van der Waals surface area contributed by atoms with Crippen molar-refractivity contribution in [2.45, 2.75) is 30.8 Å². The maximum Gasteiger partial charge on any atom is 0.223 e. The molecule has 0 aliphatic heterocycles. The van der Waals surface area contributed by atoms with Crippen molar-refractivity contribution in [3.8, 4) is 0 Å². The number of aliphatic hydroxyl groups excluding tert-OH is 1. The molecule has 0 radical (unpaired) electrons. The molecule has 5 heteroatoms. The molecule has 0 saturated carbocycles. The van der Waals surface area contributed by atoms with Gasteiger partial charge < -0.3 is 10.0 Å². The molecule has 1 unspecified atom stereocenters. The highest BCUT2D eigenvalue weighted by atomic mass is 35.5. The van der Waals surface area contributed by atoms with E-state index in [4.69, 9.17) is 11.6 Å². The minimum atomic E-state index is -0.362. The number of halogens is 1. The van der Waals surface area contributed by atoms with Gasteiger partial charge in [0.05, 0.1) is 6.10 Å². The zero-order valence-corrected chi connectivity index (χ0v) is 12.9. The maximum atomic E-state index is 11.8. The number of hydrogen-bond donors (Lipinski definition) is 1. The Bertz CT molecular complexity index is 395. The third kappa shape index (κ3) is 6.85. The molecule has 19 heavy (non-hydrogen) atoms. The molecule has 0 fully saturated rings. The van der Waals surface area contributed by atoms with Crippen molar-refractivity contribution in [3.05, 3.63) is 29.3 Å². The van der Waals surface area contributed by atoms with Gasteiger partial charge in [0.15, 0.2) is 0 Å². The van der Waals surface area contributed by atoms with Gasteiger partial charge in [0, 0.05) is 35.7 Å². The van der Waals surface area contributed by atoms with Gasteiger partial charge in [-0.25, -0.2) is 0 Å². The summed E-state index contributed by atoms with van der Waals surface area (Å²) < 4.78 is 0. The van der Waals surface area contributed by atoms with Crippen molar-refractivity contribution in [2.24, 2.45) is 0 Å². The lowest BCUT2D eigenvalue weighted by molar-refractivity contribution is -0.129. The van der Waals surface area contributed by atoms with Gasteiger partial charge in [0.2, 0.25) is 5.91 Å². The van der Waals surface area contributed by atoms with Crippen LogP contribution in [0.4, 0.5) is 0 Å². The number of aliphatic hydroxyl groups is 1. The highest BCUT2D eigenvalue weighted by Crippen LogP contribution is 2.21. The summed E-state index contributed by atoms with van der Waals surface area (Å²) >= 11 is 7.45. The van der Waals surface area contributed by atoms with Gasteiger partial charge in [-0.1, -0.05) is 11.6 Å². The summed E-state index contributed by atoms with van der Waals surface area (Å²) in [5.74, 6) is 0.863. The molecule has 106 valence electrons. The first-order valence-corrected chi connectivity index (χ1v) is 7.66. The van der Waals surface area contributed by atoms with E-state index in [0.717, 1.165) is 15.7 Å². The molecule has 0 aliphatic rings. The number of thioether (sulfide) groups is 1. The fourth-order valence-electron chi connectivity index (χ4n) is 1.48. The quantitative estimate of drug-likeness (QED) is 0.787. The van der Waals surface area contributed by atoms with Gasteiger partial charge in [-0.15, -0.1) is 11.8 Å². The third-order valence-corrected chi connectivity index (χ3v) is 3.97. The lowest BCUT2D eigenvalue weighted by atomic mass is 10.2. The average Bonchev–Trinajstić information content (AvgIpc) is 2.38. The van der Waals surface area contributed by atoms with Crippen LogP contribution in [-0.4, -0.2) is 41.4 Å². The second-order valence-corrected chi connectivity index (χ2v) is 6.11. The van der Waals surface area contributed by atoms with E-state index in [1.165, 1.54) is 0 Å². The second kappa shape index (κ2) is 8.46. The SMILES string of the molecule is CC(O)CCN(C)C(=O)CCSc1ccc(Cl)cc1. The summed E-state index contributed by atoms with van der Waals surface area (Å²) in [6.07, 6.45) is 0.759. The molecule has 1 amide bonds. The number of carbonyl (C=O) groups excluding carboxylic acids is 1.